The van der Waals surface area contributed by atoms with Gasteiger partial charge >= 0.3 is 0 Å². The summed E-state index contributed by atoms with van der Waals surface area (Å²) in [6, 6.07) is 3.10. The van der Waals surface area contributed by atoms with Crippen molar-refractivity contribution in [1.82, 2.24) is 15.0 Å². The van der Waals surface area contributed by atoms with Crippen LogP contribution in [0, 0.1) is 13.8 Å². The van der Waals surface area contributed by atoms with Gasteiger partial charge in [-0.15, -0.1) is 5.10 Å². The molecule has 2 aromatic rings. The molecule has 2 rings (SSSR count). The first kappa shape index (κ1) is 14.5. The lowest BCUT2D eigenvalue weighted by Crippen LogP contribution is -2.13. The van der Waals surface area contributed by atoms with Crippen molar-refractivity contribution in [1.29, 1.82) is 0 Å². The van der Waals surface area contributed by atoms with Crippen LogP contribution in [0.2, 0.25) is 0 Å². The Balaban J connectivity index is 2.29. The first-order valence-corrected chi connectivity index (χ1v) is 7.55. The van der Waals surface area contributed by atoms with E-state index in [1.54, 1.807) is 24.0 Å². The molecule has 0 spiro atoms. The highest BCUT2D eigenvalue weighted by Gasteiger charge is 2.12. The highest BCUT2D eigenvalue weighted by molar-refractivity contribution is 7.89. The number of benzene rings is 1. The second kappa shape index (κ2) is 5.22. The highest BCUT2D eigenvalue weighted by Crippen LogP contribution is 2.23. The third-order valence-electron chi connectivity index (χ3n) is 3.08. The molecule has 0 saturated heterocycles. The summed E-state index contributed by atoms with van der Waals surface area (Å²) in [5.41, 5.74) is 3.32. The topological polar surface area (TPSA) is 103 Å². The fourth-order valence-corrected chi connectivity index (χ4v) is 2.46. The molecule has 20 heavy (non-hydrogen) atoms. The number of sulfonamides is 1. The molecule has 0 unspecified atom stereocenters. The van der Waals surface area contributed by atoms with Gasteiger partial charge in [0.2, 0.25) is 10.0 Å². The maximum atomic E-state index is 11.5. The Kier molecular flexibility index (Phi) is 3.78. The van der Waals surface area contributed by atoms with Crippen LogP contribution >= 0.6 is 0 Å². The molecule has 0 aliphatic heterocycles. The standard InChI is InChI=1S/C12H17N5O2S/c1-8-4-11(20(13,18)19)5-12(9(8)2)14-6-10-7-17(3)16-15-10/h4-5,7,14H,6H2,1-3H3,(H2,13,18,19). The fraction of sp³-hybridized carbons (Fsp3) is 0.333. The average Bonchev–Trinajstić information content (AvgIpc) is 2.75. The van der Waals surface area contributed by atoms with E-state index in [1.165, 1.54) is 6.07 Å². The third-order valence-corrected chi connectivity index (χ3v) is 3.97. The zero-order valence-electron chi connectivity index (χ0n) is 11.6. The smallest absolute Gasteiger partial charge is 0.238 e. The number of hydrogen-bond donors (Lipinski definition) is 2. The van der Waals surface area contributed by atoms with Crippen molar-refractivity contribution >= 4 is 15.7 Å². The molecule has 0 fully saturated rings. The molecular formula is C12H17N5O2S. The molecular weight excluding hydrogens is 278 g/mol. The molecule has 1 heterocycles. The maximum Gasteiger partial charge on any atom is 0.238 e. The van der Waals surface area contributed by atoms with Gasteiger partial charge in [0.05, 0.1) is 11.4 Å². The number of primary sulfonamides is 1. The van der Waals surface area contributed by atoms with Gasteiger partial charge in [0.15, 0.2) is 0 Å². The monoisotopic (exact) mass is 295 g/mol. The molecule has 0 aliphatic rings. The van der Waals surface area contributed by atoms with Crippen molar-refractivity contribution in [3.8, 4) is 0 Å². The molecule has 8 heteroatoms. The molecule has 0 aliphatic carbocycles. The van der Waals surface area contributed by atoms with Crippen molar-refractivity contribution in [2.45, 2.75) is 25.3 Å². The van der Waals surface area contributed by atoms with Crippen molar-refractivity contribution < 1.29 is 8.42 Å². The number of rotatable bonds is 4. The van der Waals surface area contributed by atoms with Crippen LogP contribution in [-0.4, -0.2) is 23.4 Å². The van der Waals surface area contributed by atoms with Crippen LogP contribution in [0.25, 0.3) is 0 Å². The third kappa shape index (κ3) is 3.14. The Bertz CT molecular complexity index is 736. The average molecular weight is 295 g/mol. The van der Waals surface area contributed by atoms with E-state index in [0.29, 0.717) is 6.54 Å². The van der Waals surface area contributed by atoms with Crippen LogP contribution in [0.15, 0.2) is 23.2 Å². The first-order chi connectivity index (χ1) is 9.27. The van der Waals surface area contributed by atoms with Gasteiger partial charge in [0.25, 0.3) is 0 Å². The first-order valence-electron chi connectivity index (χ1n) is 6.00. The summed E-state index contributed by atoms with van der Waals surface area (Å²) in [6.07, 6.45) is 1.79. The van der Waals surface area contributed by atoms with Gasteiger partial charge in [0, 0.05) is 18.9 Å². The lowest BCUT2D eigenvalue weighted by Gasteiger charge is -2.12. The summed E-state index contributed by atoms with van der Waals surface area (Å²) in [4.78, 5) is 0.0993. The summed E-state index contributed by atoms with van der Waals surface area (Å²) in [5, 5.41) is 16.1. The summed E-state index contributed by atoms with van der Waals surface area (Å²) >= 11 is 0. The number of hydrogen-bond acceptors (Lipinski definition) is 5. The van der Waals surface area contributed by atoms with Gasteiger partial charge in [0.1, 0.15) is 5.69 Å². The SMILES string of the molecule is Cc1cc(S(N)(=O)=O)cc(NCc2cn(C)nn2)c1C. The Hall–Kier alpha value is -1.93. The molecule has 0 amide bonds. The second-order valence-corrected chi connectivity index (χ2v) is 6.26. The number of anilines is 1. The minimum absolute atomic E-state index is 0.0993. The molecule has 1 aromatic carbocycles. The molecule has 3 N–H and O–H groups in total. The maximum absolute atomic E-state index is 11.5. The lowest BCUT2D eigenvalue weighted by atomic mass is 10.1. The van der Waals surface area contributed by atoms with Crippen LogP contribution in [0.5, 0.6) is 0 Å². The Morgan fingerprint density at radius 1 is 1.35 bits per heavy atom. The van der Waals surface area contributed by atoms with Crippen molar-refractivity contribution in [2.24, 2.45) is 12.2 Å². The number of nitrogens with two attached hydrogens (primary N) is 1. The van der Waals surface area contributed by atoms with E-state index in [-0.39, 0.29) is 4.90 Å². The Labute approximate surface area is 117 Å². The largest absolute Gasteiger partial charge is 0.379 e. The van der Waals surface area contributed by atoms with Gasteiger partial charge in [-0.3, -0.25) is 4.68 Å². The van der Waals surface area contributed by atoms with Crippen molar-refractivity contribution in [3.05, 3.63) is 35.2 Å². The molecule has 7 nitrogen and oxygen atoms in total. The van der Waals surface area contributed by atoms with Crippen LogP contribution < -0.4 is 10.5 Å². The zero-order chi connectivity index (χ0) is 14.9. The summed E-state index contributed by atoms with van der Waals surface area (Å²) in [7, 11) is -1.93. The van der Waals surface area contributed by atoms with E-state index < -0.39 is 10.0 Å². The van der Waals surface area contributed by atoms with Gasteiger partial charge in [-0.2, -0.15) is 0 Å². The summed E-state index contributed by atoms with van der Waals surface area (Å²) < 4.78 is 24.5. The number of nitrogens with zero attached hydrogens (tertiary/aromatic N) is 3. The highest BCUT2D eigenvalue weighted by atomic mass is 32.2. The van der Waals surface area contributed by atoms with Crippen molar-refractivity contribution in [3.63, 3.8) is 0 Å². The van der Waals surface area contributed by atoms with Crippen LogP contribution in [0.1, 0.15) is 16.8 Å². The molecule has 0 saturated carbocycles. The van der Waals surface area contributed by atoms with Crippen molar-refractivity contribution in [2.75, 3.05) is 5.32 Å². The predicted octanol–water partition coefficient (Wildman–Crippen LogP) is 0.691. The normalized spacial score (nSPS) is 11.6. The fourth-order valence-electron chi connectivity index (χ4n) is 1.84. The molecule has 0 bridgehead atoms. The van der Waals surface area contributed by atoms with Crippen LogP contribution in [0.4, 0.5) is 5.69 Å². The van der Waals surface area contributed by atoms with Gasteiger partial charge in [-0.1, -0.05) is 5.21 Å². The van der Waals surface area contributed by atoms with Crippen LogP contribution in [0.3, 0.4) is 0 Å². The number of aromatic nitrogens is 3. The zero-order valence-corrected chi connectivity index (χ0v) is 12.4. The second-order valence-electron chi connectivity index (χ2n) is 4.69. The van der Waals surface area contributed by atoms with E-state index in [1.807, 2.05) is 13.8 Å². The quantitative estimate of drug-likeness (QED) is 0.864. The molecule has 108 valence electrons. The van der Waals surface area contributed by atoms with Gasteiger partial charge in [-0.05, 0) is 37.1 Å². The van der Waals surface area contributed by atoms with E-state index in [2.05, 4.69) is 15.6 Å². The number of aryl methyl sites for hydroxylation is 2. The summed E-state index contributed by atoms with van der Waals surface area (Å²) in [5.74, 6) is 0. The minimum atomic E-state index is -3.72. The van der Waals surface area contributed by atoms with E-state index >= 15 is 0 Å². The lowest BCUT2D eigenvalue weighted by molar-refractivity contribution is 0.597. The van der Waals surface area contributed by atoms with Gasteiger partial charge < -0.3 is 5.32 Å². The van der Waals surface area contributed by atoms with E-state index in [0.717, 1.165) is 22.5 Å². The summed E-state index contributed by atoms with van der Waals surface area (Å²) in [6.45, 7) is 4.22. The molecule has 0 atom stereocenters. The Morgan fingerprint density at radius 2 is 2.05 bits per heavy atom. The molecule has 1 aromatic heterocycles. The Morgan fingerprint density at radius 3 is 2.60 bits per heavy atom. The van der Waals surface area contributed by atoms with Crippen LogP contribution in [-0.2, 0) is 23.6 Å². The molecule has 0 radical (unpaired) electrons. The van der Waals surface area contributed by atoms with Gasteiger partial charge in [-0.25, -0.2) is 13.6 Å². The predicted molar refractivity (Wildman–Crippen MR) is 75.6 cm³/mol. The number of nitrogens with one attached hydrogen (secondary N) is 1. The van der Waals surface area contributed by atoms with E-state index in [9.17, 15) is 8.42 Å². The van der Waals surface area contributed by atoms with E-state index in [4.69, 9.17) is 5.14 Å². The minimum Gasteiger partial charge on any atom is -0.379 e.